The summed E-state index contributed by atoms with van der Waals surface area (Å²) in [5.41, 5.74) is 0. The van der Waals surface area contributed by atoms with Crippen molar-refractivity contribution >= 4 is 0 Å². The van der Waals surface area contributed by atoms with Crippen LogP contribution in [0.2, 0.25) is 0 Å². The Labute approximate surface area is 112 Å². The Kier molecular flexibility index (Phi) is 8.64. The zero-order valence-corrected chi connectivity index (χ0v) is 12.2. The number of hydrogen-bond donors (Lipinski definition) is 2. The molecule has 1 saturated carbocycles. The average Bonchev–Trinajstić information content (AvgIpc) is 3.15. The Hall–Kier alpha value is -0.120. The fourth-order valence-corrected chi connectivity index (χ4v) is 2.18. The number of unbranched alkanes of at least 4 members (excludes halogenated alkanes) is 3. The van der Waals surface area contributed by atoms with Crippen LogP contribution in [0, 0.1) is 5.92 Å². The summed E-state index contributed by atoms with van der Waals surface area (Å²) in [4.78, 5) is 0. The molecule has 1 aliphatic rings. The highest BCUT2D eigenvalue weighted by Gasteiger charge is 2.23. The second-order valence-electron chi connectivity index (χ2n) is 5.78. The standard InChI is InChI=1S/C15H31NO2/c1-3-4-5-6-9-18-12-15(17)11-16-13(2)10-14-7-8-14/h13-17H,3-12H2,1-2H3. The molecule has 0 bridgehead atoms. The lowest BCUT2D eigenvalue weighted by molar-refractivity contribution is 0.0342. The second kappa shape index (κ2) is 9.76. The van der Waals surface area contributed by atoms with Gasteiger partial charge in [-0.1, -0.05) is 39.0 Å². The lowest BCUT2D eigenvalue weighted by Crippen LogP contribution is -2.36. The summed E-state index contributed by atoms with van der Waals surface area (Å²) in [5.74, 6) is 0.944. The van der Waals surface area contributed by atoms with Crippen LogP contribution in [0.4, 0.5) is 0 Å². The van der Waals surface area contributed by atoms with E-state index in [-0.39, 0.29) is 6.10 Å². The van der Waals surface area contributed by atoms with Crippen LogP contribution in [0.25, 0.3) is 0 Å². The summed E-state index contributed by atoms with van der Waals surface area (Å²) in [7, 11) is 0. The molecule has 0 aromatic carbocycles. The molecule has 1 rings (SSSR count). The largest absolute Gasteiger partial charge is 0.389 e. The number of nitrogens with one attached hydrogen (secondary N) is 1. The molecule has 0 heterocycles. The van der Waals surface area contributed by atoms with Crippen molar-refractivity contribution in [3.63, 3.8) is 0 Å². The number of ether oxygens (including phenoxy) is 1. The van der Waals surface area contributed by atoms with Gasteiger partial charge in [-0.25, -0.2) is 0 Å². The lowest BCUT2D eigenvalue weighted by Gasteiger charge is -2.17. The third-order valence-corrected chi connectivity index (χ3v) is 3.54. The first-order valence-electron chi connectivity index (χ1n) is 7.71. The molecule has 2 unspecified atom stereocenters. The lowest BCUT2D eigenvalue weighted by atomic mass is 10.1. The van der Waals surface area contributed by atoms with Crippen molar-refractivity contribution < 1.29 is 9.84 Å². The van der Waals surface area contributed by atoms with Crippen LogP contribution in [0.3, 0.4) is 0 Å². The molecule has 0 aromatic heterocycles. The van der Waals surface area contributed by atoms with Gasteiger partial charge in [-0.3, -0.25) is 0 Å². The van der Waals surface area contributed by atoms with Crippen LogP contribution in [-0.4, -0.2) is 37.0 Å². The van der Waals surface area contributed by atoms with Gasteiger partial charge >= 0.3 is 0 Å². The molecule has 18 heavy (non-hydrogen) atoms. The Morgan fingerprint density at radius 2 is 2.06 bits per heavy atom. The fraction of sp³-hybridized carbons (Fsp3) is 1.00. The topological polar surface area (TPSA) is 41.5 Å². The van der Waals surface area contributed by atoms with Crippen molar-refractivity contribution in [1.29, 1.82) is 0 Å². The summed E-state index contributed by atoms with van der Waals surface area (Å²) in [6.45, 7) is 6.32. The Morgan fingerprint density at radius 3 is 2.72 bits per heavy atom. The van der Waals surface area contributed by atoms with Gasteiger partial charge in [0.2, 0.25) is 0 Å². The maximum Gasteiger partial charge on any atom is 0.0897 e. The molecule has 0 saturated heterocycles. The first-order chi connectivity index (χ1) is 8.72. The monoisotopic (exact) mass is 257 g/mol. The molecule has 0 radical (unpaired) electrons. The molecular formula is C15H31NO2. The minimum absolute atomic E-state index is 0.363. The first kappa shape index (κ1) is 15.9. The van der Waals surface area contributed by atoms with Crippen molar-refractivity contribution in [3.8, 4) is 0 Å². The van der Waals surface area contributed by atoms with Gasteiger partial charge in [0.15, 0.2) is 0 Å². The van der Waals surface area contributed by atoms with Gasteiger partial charge < -0.3 is 15.2 Å². The van der Waals surface area contributed by atoms with Crippen LogP contribution in [0.5, 0.6) is 0 Å². The zero-order valence-electron chi connectivity index (χ0n) is 12.2. The van der Waals surface area contributed by atoms with Crippen LogP contribution in [0.15, 0.2) is 0 Å². The third-order valence-electron chi connectivity index (χ3n) is 3.54. The molecular weight excluding hydrogens is 226 g/mol. The molecule has 0 spiro atoms. The van der Waals surface area contributed by atoms with Crippen molar-refractivity contribution in [2.45, 2.75) is 70.9 Å². The van der Waals surface area contributed by atoms with Gasteiger partial charge in [0.25, 0.3) is 0 Å². The van der Waals surface area contributed by atoms with E-state index in [0.717, 1.165) is 18.9 Å². The molecule has 2 atom stereocenters. The van der Waals surface area contributed by atoms with Crippen LogP contribution >= 0.6 is 0 Å². The van der Waals surface area contributed by atoms with E-state index in [1.165, 1.54) is 38.5 Å². The van der Waals surface area contributed by atoms with E-state index in [2.05, 4.69) is 19.2 Å². The van der Waals surface area contributed by atoms with Gasteiger partial charge in [0, 0.05) is 19.2 Å². The molecule has 1 aliphatic carbocycles. The van der Waals surface area contributed by atoms with E-state index in [1.54, 1.807) is 0 Å². The molecule has 2 N–H and O–H groups in total. The van der Waals surface area contributed by atoms with E-state index in [0.29, 0.717) is 19.2 Å². The van der Waals surface area contributed by atoms with E-state index in [1.807, 2.05) is 0 Å². The number of aliphatic hydroxyl groups excluding tert-OH is 1. The molecule has 3 nitrogen and oxygen atoms in total. The summed E-state index contributed by atoms with van der Waals surface area (Å²) in [5, 5.41) is 13.1. The Balaban J connectivity index is 1.84. The summed E-state index contributed by atoms with van der Waals surface area (Å²) >= 11 is 0. The van der Waals surface area contributed by atoms with Crippen molar-refractivity contribution in [2.75, 3.05) is 19.8 Å². The molecule has 0 amide bonds. The normalized spacial score (nSPS) is 18.8. The predicted molar refractivity (Wildman–Crippen MR) is 75.8 cm³/mol. The summed E-state index contributed by atoms with van der Waals surface area (Å²) in [6, 6.07) is 0.525. The van der Waals surface area contributed by atoms with E-state index in [4.69, 9.17) is 4.74 Å². The Bertz CT molecular complexity index is 195. The van der Waals surface area contributed by atoms with E-state index >= 15 is 0 Å². The number of hydrogen-bond acceptors (Lipinski definition) is 3. The van der Waals surface area contributed by atoms with Gasteiger partial charge in [0.05, 0.1) is 12.7 Å². The van der Waals surface area contributed by atoms with Crippen LogP contribution in [0.1, 0.15) is 58.8 Å². The minimum atomic E-state index is -0.363. The summed E-state index contributed by atoms with van der Waals surface area (Å²) < 4.78 is 5.48. The fourth-order valence-electron chi connectivity index (χ4n) is 2.18. The quantitative estimate of drug-likeness (QED) is 0.528. The van der Waals surface area contributed by atoms with Crippen molar-refractivity contribution in [1.82, 2.24) is 5.32 Å². The van der Waals surface area contributed by atoms with Gasteiger partial charge in [-0.05, 0) is 25.7 Å². The first-order valence-corrected chi connectivity index (χ1v) is 7.71. The molecule has 108 valence electrons. The molecule has 0 aliphatic heterocycles. The van der Waals surface area contributed by atoms with Crippen molar-refractivity contribution in [2.24, 2.45) is 5.92 Å². The van der Waals surface area contributed by atoms with Crippen LogP contribution in [-0.2, 0) is 4.74 Å². The SMILES string of the molecule is CCCCCCOCC(O)CNC(C)CC1CC1. The maximum absolute atomic E-state index is 9.76. The zero-order chi connectivity index (χ0) is 13.2. The number of aliphatic hydroxyl groups is 1. The highest BCUT2D eigenvalue weighted by molar-refractivity contribution is 4.78. The Morgan fingerprint density at radius 1 is 1.28 bits per heavy atom. The second-order valence-corrected chi connectivity index (χ2v) is 5.78. The predicted octanol–water partition coefficient (Wildman–Crippen LogP) is 2.72. The highest BCUT2D eigenvalue weighted by Crippen LogP contribution is 2.33. The third kappa shape index (κ3) is 8.90. The maximum atomic E-state index is 9.76. The highest BCUT2D eigenvalue weighted by atomic mass is 16.5. The van der Waals surface area contributed by atoms with Crippen molar-refractivity contribution in [3.05, 3.63) is 0 Å². The van der Waals surface area contributed by atoms with Crippen LogP contribution < -0.4 is 5.32 Å². The van der Waals surface area contributed by atoms with Gasteiger partial charge in [-0.2, -0.15) is 0 Å². The summed E-state index contributed by atoms with van der Waals surface area (Å²) in [6.07, 6.45) is 8.58. The van der Waals surface area contributed by atoms with Gasteiger partial charge in [-0.15, -0.1) is 0 Å². The smallest absolute Gasteiger partial charge is 0.0897 e. The van der Waals surface area contributed by atoms with E-state index < -0.39 is 0 Å². The molecule has 3 heteroatoms. The molecule has 1 fully saturated rings. The average molecular weight is 257 g/mol. The van der Waals surface area contributed by atoms with Gasteiger partial charge in [0.1, 0.15) is 0 Å². The van der Waals surface area contributed by atoms with E-state index in [9.17, 15) is 5.11 Å². The minimum Gasteiger partial charge on any atom is -0.389 e. The molecule has 0 aromatic rings. The number of rotatable bonds is 12.